The Bertz CT molecular complexity index is 854. The van der Waals surface area contributed by atoms with Gasteiger partial charge in [-0.15, -0.1) is 0 Å². The molecule has 1 unspecified atom stereocenters. The van der Waals surface area contributed by atoms with E-state index in [0.29, 0.717) is 17.5 Å². The van der Waals surface area contributed by atoms with Crippen LogP contribution in [0.1, 0.15) is 48.5 Å². The van der Waals surface area contributed by atoms with Crippen molar-refractivity contribution in [1.82, 2.24) is 10.2 Å². The van der Waals surface area contributed by atoms with Gasteiger partial charge in [-0.25, -0.2) is 0 Å². The molecule has 4 rings (SSSR count). The fraction of sp³-hybridized carbons (Fsp3) is 0.440. The molecule has 1 atom stereocenters. The van der Waals surface area contributed by atoms with Crippen LogP contribution in [0.3, 0.4) is 0 Å². The molecule has 1 saturated carbocycles. The predicted octanol–water partition coefficient (Wildman–Crippen LogP) is 3.86. The van der Waals surface area contributed by atoms with Crippen LogP contribution in [0.15, 0.2) is 54.6 Å². The average molecular weight is 406 g/mol. The Kier molecular flexibility index (Phi) is 6.36. The van der Waals surface area contributed by atoms with Crippen LogP contribution in [0.4, 0.5) is 5.69 Å². The second-order valence-corrected chi connectivity index (χ2v) is 8.65. The lowest BCUT2D eigenvalue weighted by Gasteiger charge is -2.34. The highest BCUT2D eigenvalue weighted by Crippen LogP contribution is 2.23. The van der Waals surface area contributed by atoms with Crippen molar-refractivity contribution in [3.63, 3.8) is 0 Å². The molecular weight excluding hydrogens is 374 g/mol. The predicted molar refractivity (Wildman–Crippen MR) is 119 cm³/mol. The van der Waals surface area contributed by atoms with Crippen molar-refractivity contribution in [3.8, 4) is 0 Å². The van der Waals surface area contributed by atoms with Gasteiger partial charge >= 0.3 is 0 Å². The van der Waals surface area contributed by atoms with Gasteiger partial charge in [-0.2, -0.15) is 0 Å². The monoisotopic (exact) mass is 405 g/mol. The van der Waals surface area contributed by atoms with Crippen LogP contribution in [0.25, 0.3) is 0 Å². The van der Waals surface area contributed by atoms with Crippen molar-refractivity contribution in [2.24, 2.45) is 5.92 Å². The minimum absolute atomic E-state index is 0.0217. The third-order valence-corrected chi connectivity index (χ3v) is 6.11. The van der Waals surface area contributed by atoms with Crippen LogP contribution < -0.4 is 10.6 Å². The molecule has 5 heteroatoms. The summed E-state index contributed by atoms with van der Waals surface area (Å²) in [6.07, 6.45) is 5.36. The molecule has 0 radical (unpaired) electrons. The van der Waals surface area contributed by atoms with Crippen LogP contribution >= 0.6 is 0 Å². The Hall–Kier alpha value is -2.82. The van der Waals surface area contributed by atoms with Gasteiger partial charge in [0.1, 0.15) is 6.04 Å². The van der Waals surface area contributed by atoms with Crippen LogP contribution in [0.2, 0.25) is 0 Å². The summed E-state index contributed by atoms with van der Waals surface area (Å²) in [5.74, 6) is 0.768. The Balaban J connectivity index is 1.24. The number of hydrogen-bond donors (Lipinski definition) is 2. The van der Waals surface area contributed by atoms with E-state index in [-0.39, 0.29) is 17.9 Å². The van der Waals surface area contributed by atoms with E-state index in [2.05, 4.69) is 41.0 Å². The van der Waals surface area contributed by atoms with Gasteiger partial charge in [0, 0.05) is 30.4 Å². The molecule has 2 amide bonds. The van der Waals surface area contributed by atoms with Crippen molar-refractivity contribution < 1.29 is 9.59 Å². The zero-order valence-electron chi connectivity index (χ0n) is 17.6. The molecule has 5 nitrogen and oxygen atoms in total. The van der Waals surface area contributed by atoms with Gasteiger partial charge in [-0.3, -0.25) is 9.59 Å². The molecule has 2 N–H and O–H groups in total. The number of piperidine rings is 1. The lowest BCUT2D eigenvalue weighted by atomic mass is 9.90. The molecule has 158 valence electrons. The summed E-state index contributed by atoms with van der Waals surface area (Å²) in [7, 11) is 0. The SMILES string of the molecule is CC(Nc1ccc(C(=O)NC2CC2)cc1)C(=O)N1CCC(Cc2ccccc2)CC1. The fourth-order valence-electron chi connectivity index (χ4n) is 4.10. The van der Waals surface area contributed by atoms with Gasteiger partial charge in [-0.05, 0) is 74.8 Å². The lowest BCUT2D eigenvalue weighted by molar-refractivity contribution is -0.133. The minimum atomic E-state index is -0.290. The van der Waals surface area contributed by atoms with Crippen molar-refractivity contribution in [3.05, 3.63) is 65.7 Å². The fourth-order valence-corrected chi connectivity index (χ4v) is 4.10. The van der Waals surface area contributed by atoms with Crippen molar-refractivity contribution in [2.75, 3.05) is 18.4 Å². The Morgan fingerprint density at radius 3 is 2.27 bits per heavy atom. The third kappa shape index (κ3) is 5.41. The average Bonchev–Trinajstić information content (AvgIpc) is 3.59. The molecule has 1 saturated heterocycles. The number of hydrogen-bond acceptors (Lipinski definition) is 3. The summed E-state index contributed by atoms with van der Waals surface area (Å²) in [4.78, 5) is 26.9. The minimum Gasteiger partial charge on any atom is -0.374 e. The van der Waals surface area contributed by atoms with E-state index in [1.54, 1.807) is 0 Å². The van der Waals surface area contributed by atoms with Gasteiger partial charge in [0.25, 0.3) is 5.91 Å². The number of nitrogens with zero attached hydrogens (tertiary/aromatic N) is 1. The highest BCUT2D eigenvalue weighted by Gasteiger charge is 2.26. The maximum atomic E-state index is 12.9. The zero-order chi connectivity index (χ0) is 20.9. The van der Waals surface area contributed by atoms with Crippen molar-refractivity contribution >= 4 is 17.5 Å². The first kappa shape index (κ1) is 20.5. The number of carbonyl (C=O) groups is 2. The molecule has 1 aliphatic heterocycles. The largest absolute Gasteiger partial charge is 0.374 e. The van der Waals surface area contributed by atoms with Gasteiger partial charge < -0.3 is 15.5 Å². The lowest BCUT2D eigenvalue weighted by Crippen LogP contribution is -2.45. The highest BCUT2D eigenvalue weighted by atomic mass is 16.2. The smallest absolute Gasteiger partial charge is 0.251 e. The topological polar surface area (TPSA) is 61.4 Å². The molecular formula is C25H31N3O2. The van der Waals surface area contributed by atoms with E-state index < -0.39 is 0 Å². The quantitative estimate of drug-likeness (QED) is 0.735. The van der Waals surface area contributed by atoms with Gasteiger partial charge in [0.2, 0.25) is 5.91 Å². The highest BCUT2D eigenvalue weighted by molar-refractivity contribution is 5.95. The Morgan fingerprint density at radius 1 is 0.967 bits per heavy atom. The molecule has 2 aromatic rings. The van der Waals surface area contributed by atoms with E-state index in [4.69, 9.17) is 0 Å². The molecule has 0 bridgehead atoms. The number of likely N-dealkylation sites (tertiary alicyclic amines) is 1. The first-order valence-corrected chi connectivity index (χ1v) is 11.1. The Morgan fingerprint density at radius 2 is 1.63 bits per heavy atom. The summed E-state index contributed by atoms with van der Waals surface area (Å²) < 4.78 is 0. The van der Waals surface area contributed by atoms with Gasteiger partial charge in [-0.1, -0.05) is 30.3 Å². The normalized spacial score (nSPS) is 18.0. The number of anilines is 1. The second kappa shape index (κ2) is 9.33. The summed E-state index contributed by atoms with van der Waals surface area (Å²) in [6.45, 7) is 3.55. The van der Waals surface area contributed by atoms with Crippen LogP contribution in [-0.2, 0) is 11.2 Å². The van der Waals surface area contributed by atoms with Crippen LogP contribution in [0.5, 0.6) is 0 Å². The van der Waals surface area contributed by atoms with E-state index in [9.17, 15) is 9.59 Å². The number of nitrogens with one attached hydrogen (secondary N) is 2. The molecule has 1 aliphatic carbocycles. The van der Waals surface area contributed by atoms with E-state index in [0.717, 1.165) is 50.9 Å². The van der Waals surface area contributed by atoms with E-state index in [1.165, 1.54) is 5.56 Å². The summed E-state index contributed by atoms with van der Waals surface area (Å²) >= 11 is 0. The van der Waals surface area contributed by atoms with Crippen LogP contribution in [0, 0.1) is 5.92 Å². The third-order valence-electron chi connectivity index (χ3n) is 6.11. The number of carbonyl (C=O) groups excluding carboxylic acids is 2. The van der Waals surface area contributed by atoms with Gasteiger partial charge in [0.05, 0.1) is 0 Å². The molecule has 0 spiro atoms. The molecule has 1 heterocycles. The van der Waals surface area contributed by atoms with Crippen molar-refractivity contribution in [1.29, 1.82) is 0 Å². The zero-order valence-corrected chi connectivity index (χ0v) is 17.6. The maximum absolute atomic E-state index is 12.9. The number of rotatable bonds is 7. The maximum Gasteiger partial charge on any atom is 0.251 e. The molecule has 2 fully saturated rings. The molecule has 2 aromatic carbocycles. The molecule has 30 heavy (non-hydrogen) atoms. The van der Waals surface area contributed by atoms with Crippen molar-refractivity contribution in [2.45, 2.75) is 51.1 Å². The summed E-state index contributed by atoms with van der Waals surface area (Å²) in [6, 6.07) is 18.0. The first-order valence-electron chi connectivity index (χ1n) is 11.1. The van der Waals surface area contributed by atoms with E-state index >= 15 is 0 Å². The molecule has 2 aliphatic rings. The second-order valence-electron chi connectivity index (χ2n) is 8.65. The number of benzene rings is 2. The molecule has 0 aromatic heterocycles. The Labute approximate surface area is 178 Å². The van der Waals surface area contributed by atoms with E-state index in [1.807, 2.05) is 36.1 Å². The van der Waals surface area contributed by atoms with Gasteiger partial charge in [0.15, 0.2) is 0 Å². The summed E-state index contributed by atoms with van der Waals surface area (Å²) in [5, 5.41) is 6.28. The van der Waals surface area contributed by atoms with Crippen LogP contribution in [-0.4, -0.2) is 41.9 Å². The number of amides is 2. The summed E-state index contributed by atoms with van der Waals surface area (Å²) in [5.41, 5.74) is 2.90. The standard InChI is InChI=1S/C25H31N3O2/c1-18(26-22-9-7-21(8-10-22)24(29)27-23-11-12-23)25(30)28-15-13-20(14-16-28)17-19-5-3-2-4-6-19/h2-10,18,20,23,26H,11-17H2,1H3,(H,27,29). The first-order chi connectivity index (χ1) is 14.6.